The number of carbonyl (C=O) groups excluding carboxylic acids is 2. The van der Waals surface area contributed by atoms with Crippen LogP contribution in [0.5, 0.6) is 5.75 Å². The van der Waals surface area contributed by atoms with Crippen molar-refractivity contribution in [1.82, 2.24) is 39.0 Å². The Kier molecular flexibility index (Phi) is 14.9. The van der Waals surface area contributed by atoms with Gasteiger partial charge in [-0.15, -0.1) is 12.8 Å². The summed E-state index contributed by atoms with van der Waals surface area (Å²) in [6, 6.07) is 0. The Bertz CT molecular complexity index is 3310. The van der Waals surface area contributed by atoms with E-state index in [1.54, 1.807) is 0 Å². The molecule has 4 aromatic heterocycles. The lowest BCUT2D eigenvalue weighted by Crippen LogP contribution is -2.48. The predicted molar refractivity (Wildman–Crippen MR) is 268 cm³/mol. The van der Waals surface area contributed by atoms with Gasteiger partial charge in [0, 0.05) is 23.7 Å². The molecular weight excluding hydrogens is 1100 g/mol. The van der Waals surface area contributed by atoms with E-state index >= 15 is 0 Å². The molecule has 8 aliphatic carbocycles. The Morgan fingerprint density at radius 3 is 1.33 bits per heavy atom. The highest BCUT2D eigenvalue weighted by Gasteiger charge is 2.54. The zero-order chi connectivity index (χ0) is 58.2. The average Bonchev–Trinajstić information content (AvgIpc) is 4.25. The number of nitrogen functional groups attached to an aromatic ring is 2. The molecule has 1 aromatic carbocycles. The van der Waals surface area contributed by atoms with Gasteiger partial charge in [0.25, 0.3) is 0 Å². The van der Waals surface area contributed by atoms with E-state index < -0.39 is 102 Å². The van der Waals surface area contributed by atoms with E-state index in [2.05, 4.69) is 46.5 Å². The number of aromatic nitrogens is 8. The molecule has 438 valence electrons. The standard InChI is InChI=1S/C24H28FN5O5.C18H17F5O3.C12H12FN5O3/c1-2-24(11-34-22(32)33-10-23-7-13-3-14(8-23)5-15(4-13)9-23)16(31)6-17(35-24)30-12-27-18-19(26)28-21(25)29-20(18)30;19-11-12(20)14(22)16(15(23)13(11)21)26-17(24)25-7-18-4-8-1-9(5-18)3-10(2-8)6-18;1-2-12(4-19)6(20)3-7(21-12)18-5-15-8-9(14)16-11(13)17-10(8)18/h1,12-17,31H,3-11H2,(H2,26,28,29);8-10H,1-7H2;1,5-7,19-20H,3-4H2,(H2,14,16,17)/t13?,14?,15?,16-,17+,23?,24+;;6-,7+,12+/m0.0/s1. The highest BCUT2D eigenvalue weighted by molar-refractivity contribution is 5.82. The molecule has 82 heavy (non-hydrogen) atoms. The summed E-state index contributed by atoms with van der Waals surface area (Å²) in [4.78, 5) is 46.6. The number of benzene rings is 1. The molecular formula is C54H57F7N10O11. The van der Waals surface area contributed by atoms with Crippen LogP contribution in [-0.4, -0.2) is 117 Å². The van der Waals surface area contributed by atoms with Crippen LogP contribution in [-0.2, 0) is 23.7 Å². The number of fused-ring (bicyclic) bond motifs is 2. The molecule has 6 heterocycles. The zero-order valence-corrected chi connectivity index (χ0v) is 43.8. The Morgan fingerprint density at radius 1 is 0.573 bits per heavy atom. The molecule has 2 saturated heterocycles. The second kappa shape index (κ2) is 21.6. The fraction of sp³-hybridized carbons (Fsp3) is 0.593. The lowest BCUT2D eigenvalue weighted by atomic mass is 9.50. The van der Waals surface area contributed by atoms with E-state index in [1.807, 2.05) is 0 Å². The highest BCUT2D eigenvalue weighted by atomic mass is 19.2. The van der Waals surface area contributed by atoms with Crippen molar-refractivity contribution in [1.29, 1.82) is 0 Å². The van der Waals surface area contributed by atoms with Crippen LogP contribution in [0.4, 0.5) is 52.0 Å². The first-order valence-corrected chi connectivity index (χ1v) is 26.8. The number of ether oxygens (including phenoxy) is 6. The van der Waals surface area contributed by atoms with E-state index in [4.69, 9.17) is 48.0 Å². The second-order valence-electron chi connectivity index (χ2n) is 23.5. The monoisotopic (exact) mass is 1150 g/mol. The van der Waals surface area contributed by atoms with E-state index in [0.717, 1.165) is 56.3 Å². The molecule has 10 fully saturated rings. The summed E-state index contributed by atoms with van der Waals surface area (Å²) in [5, 5.41) is 30.1. The third kappa shape index (κ3) is 10.4. The van der Waals surface area contributed by atoms with Gasteiger partial charge in [-0.05, 0) is 113 Å². The molecule has 0 unspecified atom stereocenters. The van der Waals surface area contributed by atoms with Crippen molar-refractivity contribution in [2.75, 3.05) is 37.9 Å². The summed E-state index contributed by atoms with van der Waals surface area (Å²) in [6.45, 7) is -0.554. The smallest absolute Gasteiger partial charge is 0.434 e. The average molecular weight is 1160 g/mol. The zero-order valence-electron chi connectivity index (χ0n) is 43.8. The number of aliphatic hydroxyl groups is 3. The van der Waals surface area contributed by atoms with Gasteiger partial charge in [0.1, 0.15) is 44.5 Å². The molecule has 0 radical (unpaired) electrons. The van der Waals surface area contributed by atoms with Gasteiger partial charge < -0.3 is 55.2 Å². The fourth-order valence-electron chi connectivity index (χ4n) is 15.1. The first kappa shape index (κ1) is 56.7. The van der Waals surface area contributed by atoms with Crippen molar-refractivity contribution >= 4 is 46.3 Å². The summed E-state index contributed by atoms with van der Waals surface area (Å²) in [5.41, 5.74) is 8.75. The molecule has 8 bridgehead atoms. The molecule has 7 N–H and O–H groups in total. The minimum atomic E-state index is -2.31. The molecule has 5 aromatic rings. The van der Waals surface area contributed by atoms with Crippen molar-refractivity contribution in [3.63, 3.8) is 0 Å². The van der Waals surface area contributed by atoms with Crippen LogP contribution in [0.1, 0.15) is 102 Å². The molecule has 2 aliphatic heterocycles. The van der Waals surface area contributed by atoms with Crippen molar-refractivity contribution in [3.8, 4) is 30.4 Å². The molecule has 15 rings (SSSR count). The number of rotatable bonds is 10. The van der Waals surface area contributed by atoms with Gasteiger partial charge in [0.2, 0.25) is 34.8 Å². The molecule has 28 heteroatoms. The molecule has 21 nitrogen and oxygen atoms in total. The summed E-state index contributed by atoms with van der Waals surface area (Å²) in [7, 11) is 0. The van der Waals surface area contributed by atoms with Crippen molar-refractivity contribution in [3.05, 3.63) is 53.9 Å². The van der Waals surface area contributed by atoms with Crippen molar-refractivity contribution in [2.45, 2.75) is 126 Å². The number of nitrogens with two attached hydrogens (primary N) is 2. The lowest BCUT2D eigenvalue weighted by molar-refractivity contribution is -0.111. The number of hydrogen-bond donors (Lipinski definition) is 5. The highest BCUT2D eigenvalue weighted by Crippen LogP contribution is 2.61. The number of carbonyl (C=O) groups is 2. The molecule has 10 aliphatic rings. The summed E-state index contributed by atoms with van der Waals surface area (Å²) in [6.07, 6.45) is 19.4. The minimum Gasteiger partial charge on any atom is -0.434 e. The number of imidazole rings is 2. The normalized spacial score (nSPS) is 33.5. The first-order valence-electron chi connectivity index (χ1n) is 26.8. The van der Waals surface area contributed by atoms with E-state index in [1.165, 1.54) is 60.3 Å². The summed E-state index contributed by atoms with van der Waals surface area (Å²) in [5.74, 6) is -4.17. The van der Waals surface area contributed by atoms with Gasteiger partial charge in [-0.2, -0.15) is 37.5 Å². The van der Waals surface area contributed by atoms with Crippen LogP contribution in [0.3, 0.4) is 0 Å². The topological polar surface area (TPSA) is 289 Å². The second-order valence-corrected chi connectivity index (χ2v) is 23.5. The fourth-order valence-corrected chi connectivity index (χ4v) is 15.1. The quantitative estimate of drug-likeness (QED) is 0.0181. The first-order chi connectivity index (χ1) is 39.1. The van der Waals surface area contributed by atoms with Crippen LogP contribution in [0.15, 0.2) is 12.7 Å². The van der Waals surface area contributed by atoms with Crippen molar-refractivity contribution < 1.29 is 84.1 Å². The molecule has 0 amide bonds. The predicted octanol–water partition coefficient (Wildman–Crippen LogP) is 6.87. The SMILES string of the molecule is C#C[C@]1(CO)O[C@@H](n2cnc3c(N)nc(F)nc32)C[C@@H]1O.C#C[C@]1(COC(=O)OCC23CC4CC(CC(C4)C2)C3)O[C@@H](n2cnc3c(N)nc(F)nc32)C[C@@H]1O.O=C(OCC12CC3CC(CC(C3)C1)C2)Oc1c(F)c(F)c(F)c(F)c1F. The Balaban J connectivity index is 0.000000134. The third-order valence-electron chi connectivity index (χ3n) is 17.9. The molecule has 8 saturated carbocycles. The maximum atomic E-state index is 13.7. The molecule has 6 atom stereocenters. The van der Waals surface area contributed by atoms with Crippen LogP contribution in [0.2, 0.25) is 0 Å². The number of aliphatic hydroxyl groups excluding tert-OH is 3. The van der Waals surface area contributed by atoms with Crippen LogP contribution < -0.4 is 16.2 Å². The maximum absolute atomic E-state index is 13.7. The maximum Gasteiger partial charge on any atom is 0.514 e. The lowest BCUT2D eigenvalue weighted by Gasteiger charge is -2.56. The number of halogens is 7. The van der Waals surface area contributed by atoms with Gasteiger partial charge in [0.05, 0.1) is 19.3 Å². The van der Waals surface area contributed by atoms with Gasteiger partial charge in [0.15, 0.2) is 45.2 Å². The van der Waals surface area contributed by atoms with Crippen LogP contribution >= 0.6 is 0 Å². The largest absolute Gasteiger partial charge is 0.514 e. The Hall–Kier alpha value is -7.11. The number of anilines is 2. The third-order valence-corrected chi connectivity index (χ3v) is 17.9. The van der Waals surface area contributed by atoms with E-state index in [-0.39, 0.29) is 70.8 Å². The minimum absolute atomic E-state index is 0.0325. The summed E-state index contributed by atoms with van der Waals surface area (Å²) < 4.78 is 128. The van der Waals surface area contributed by atoms with Gasteiger partial charge in [-0.25, -0.2) is 32.7 Å². The summed E-state index contributed by atoms with van der Waals surface area (Å²) >= 11 is 0. The van der Waals surface area contributed by atoms with Crippen molar-refractivity contribution in [2.24, 2.45) is 46.3 Å². The van der Waals surface area contributed by atoms with E-state index in [9.17, 15) is 55.6 Å². The van der Waals surface area contributed by atoms with Crippen LogP contribution in [0.25, 0.3) is 22.3 Å². The van der Waals surface area contributed by atoms with Gasteiger partial charge >= 0.3 is 24.5 Å². The van der Waals surface area contributed by atoms with E-state index in [0.29, 0.717) is 24.4 Å². The van der Waals surface area contributed by atoms with Gasteiger partial charge in [-0.3, -0.25) is 9.13 Å². The van der Waals surface area contributed by atoms with Gasteiger partial charge in [-0.1, -0.05) is 11.8 Å². The molecule has 0 spiro atoms. The Labute approximate surface area is 462 Å². The van der Waals surface area contributed by atoms with Crippen LogP contribution in [0, 0.1) is 112 Å². The number of hydrogen-bond acceptors (Lipinski definition) is 19. The number of nitrogens with zero attached hydrogens (tertiary/aromatic N) is 8. The Morgan fingerprint density at radius 2 is 0.939 bits per heavy atom. The number of terminal acetylenes is 2.